The zero-order valence-electron chi connectivity index (χ0n) is 19.7. The number of nitrogens with zero attached hydrogens (tertiary/aromatic N) is 2. The first-order valence-corrected chi connectivity index (χ1v) is 12.0. The molecule has 0 spiro atoms. The van der Waals surface area contributed by atoms with Gasteiger partial charge in [0.2, 0.25) is 10.0 Å². The fourth-order valence-corrected chi connectivity index (χ4v) is 4.84. The standard InChI is InChI=1S/C25H27N3O6S/c1-32-21-13-14-23(34-3)24(15-21)35(30,31)28(17-19-9-5-4-6-10-19)18-25(29)27-26-16-20-11-7-8-12-22(20)33-2/h4-16H,17-18H2,1-3H3,(H,27,29)/b26-16+. The maximum atomic E-state index is 13.7. The van der Waals surface area contributed by atoms with Crippen molar-refractivity contribution in [2.45, 2.75) is 11.4 Å². The Balaban J connectivity index is 1.87. The van der Waals surface area contributed by atoms with Crippen molar-refractivity contribution in [1.82, 2.24) is 9.73 Å². The second-order valence-corrected chi connectivity index (χ2v) is 9.22. The van der Waals surface area contributed by atoms with Crippen LogP contribution in [0.5, 0.6) is 17.2 Å². The number of nitrogens with one attached hydrogen (secondary N) is 1. The van der Waals surface area contributed by atoms with Crippen LogP contribution in [0.25, 0.3) is 0 Å². The third-order valence-corrected chi connectivity index (χ3v) is 6.86. The van der Waals surface area contributed by atoms with Gasteiger partial charge in [0, 0.05) is 18.2 Å². The van der Waals surface area contributed by atoms with Crippen molar-refractivity contribution in [2.24, 2.45) is 5.10 Å². The molecule has 0 saturated heterocycles. The molecule has 0 heterocycles. The molecule has 9 nitrogen and oxygen atoms in total. The van der Waals surface area contributed by atoms with Gasteiger partial charge < -0.3 is 14.2 Å². The number of carbonyl (C=O) groups excluding carboxylic acids is 1. The van der Waals surface area contributed by atoms with Crippen molar-refractivity contribution in [3.63, 3.8) is 0 Å². The summed E-state index contributed by atoms with van der Waals surface area (Å²) in [6.45, 7) is -0.506. The number of benzene rings is 3. The molecule has 1 amide bonds. The van der Waals surface area contributed by atoms with Gasteiger partial charge in [0.25, 0.3) is 5.91 Å². The number of hydrazone groups is 1. The average molecular weight is 498 g/mol. The monoisotopic (exact) mass is 497 g/mol. The van der Waals surface area contributed by atoms with Crippen LogP contribution in [-0.2, 0) is 21.4 Å². The van der Waals surface area contributed by atoms with Crippen LogP contribution in [-0.4, -0.2) is 52.7 Å². The molecule has 0 unspecified atom stereocenters. The largest absolute Gasteiger partial charge is 0.497 e. The van der Waals surface area contributed by atoms with Crippen LogP contribution in [0.3, 0.4) is 0 Å². The number of carbonyl (C=O) groups is 1. The minimum absolute atomic E-state index is 0.0345. The van der Waals surface area contributed by atoms with E-state index in [4.69, 9.17) is 14.2 Å². The highest BCUT2D eigenvalue weighted by Crippen LogP contribution is 2.31. The number of amides is 1. The summed E-state index contributed by atoms with van der Waals surface area (Å²) < 4.78 is 44.1. The van der Waals surface area contributed by atoms with Crippen LogP contribution >= 0.6 is 0 Å². The fraction of sp³-hybridized carbons (Fsp3) is 0.200. The first-order valence-electron chi connectivity index (χ1n) is 10.6. The van der Waals surface area contributed by atoms with Crippen LogP contribution in [0, 0.1) is 0 Å². The van der Waals surface area contributed by atoms with Crippen molar-refractivity contribution in [3.8, 4) is 17.2 Å². The molecule has 0 aliphatic heterocycles. The van der Waals surface area contributed by atoms with Crippen LogP contribution in [0.4, 0.5) is 0 Å². The highest BCUT2D eigenvalue weighted by Gasteiger charge is 2.30. The Hall–Kier alpha value is -3.89. The fourth-order valence-electron chi connectivity index (χ4n) is 3.28. The van der Waals surface area contributed by atoms with Crippen LogP contribution < -0.4 is 19.6 Å². The minimum atomic E-state index is -4.16. The Morgan fingerprint density at radius 2 is 1.60 bits per heavy atom. The number of rotatable bonds is 11. The molecule has 0 radical (unpaired) electrons. The summed E-state index contributed by atoms with van der Waals surface area (Å²) in [6, 6.07) is 20.6. The maximum absolute atomic E-state index is 13.7. The molecule has 3 aromatic rings. The van der Waals surface area contributed by atoms with Gasteiger partial charge >= 0.3 is 0 Å². The van der Waals surface area contributed by atoms with Gasteiger partial charge in [-0.3, -0.25) is 4.79 Å². The van der Waals surface area contributed by atoms with Crippen molar-refractivity contribution in [3.05, 3.63) is 83.9 Å². The van der Waals surface area contributed by atoms with E-state index in [0.717, 1.165) is 4.31 Å². The smallest absolute Gasteiger partial charge is 0.255 e. The molecule has 0 aliphatic rings. The second-order valence-electron chi connectivity index (χ2n) is 7.31. The number of ether oxygens (including phenoxy) is 3. The predicted molar refractivity (Wildman–Crippen MR) is 132 cm³/mol. The van der Waals surface area contributed by atoms with Crippen molar-refractivity contribution in [2.75, 3.05) is 27.9 Å². The lowest BCUT2D eigenvalue weighted by Gasteiger charge is -2.23. The minimum Gasteiger partial charge on any atom is -0.497 e. The van der Waals surface area contributed by atoms with Gasteiger partial charge in [-0.2, -0.15) is 9.41 Å². The molecule has 0 fully saturated rings. The Bertz CT molecular complexity index is 1280. The highest BCUT2D eigenvalue weighted by atomic mass is 32.2. The number of hydrogen-bond donors (Lipinski definition) is 1. The molecule has 1 N–H and O–H groups in total. The molecule has 0 atom stereocenters. The van der Waals surface area contributed by atoms with E-state index in [2.05, 4.69) is 10.5 Å². The molecule has 0 bridgehead atoms. The molecule has 0 saturated carbocycles. The van der Waals surface area contributed by atoms with Crippen LogP contribution in [0.1, 0.15) is 11.1 Å². The summed E-state index contributed by atoms with van der Waals surface area (Å²) in [7, 11) is 0.185. The number of hydrogen-bond acceptors (Lipinski definition) is 7. The molecular weight excluding hydrogens is 470 g/mol. The summed E-state index contributed by atoms with van der Waals surface area (Å²) in [6.07, 6.45) is 1.43. The first-order chi connectivity index (χ1) is 16.9. The highest BCUT2D eigenvalue weighted by molar-refractivity contribution is 7.89. The maximum Gasteiger partial charge on any atom is 0.255 e. The van der Waals surface area contributed by atoms with E-state index >= 15 is 0 Å². The zero-order chi connectivity index (χ0) is 25.3. The van der Waals surface area contributed by atoms with Crippen molar-refractivity contribution in [1.29, 1.82) is 0 Å². The van der Waals surface area contributed by atoms with E-state index < -0.39 is 22.5 Å². The molecule has 0 aromatic heterocycles. The molecule has 0 aliphatic carbocycles. The van der Waals surface area contributed by atoms with E-state index in [-0.39, 0.29) is 17.2 Å². The Morgan fingerprint density at radius 3 is 2.29 bits per heavy atom. The van der Waals surface area contributed by atoms with Gasteiger partial charge in [0.15, 0.2) is 0 Å². The Morgan fingerprint density at radius 1 is 0.914 bits per heavy atom. The lowest BCUT2D eigenvalue weighted by molar-refractivity contribution is -0.121. The third kappa shape index (κ3) is 6.58. The zero-order valence-corrected chi connectivity index (χ0v) is 20.5. The van der Waals surface area contributed by atoms with E-state index in [1.165, 1.54) is 39.7 Å². The average Bonchev–Trinajstić information content (AvgIpc) is 2.88. The summed E-state index contributed by atoms with van der Waals surface area (Å²) >= 11 is 0. The van der Waals surface area contributed by atoms with Crippen LogP contribution in [0.2, 0.25) is 0 Å². The summed E-state index contributed by atoms with van der Waals surface area (Å²) in [4.78, 5) is 12.6. The van der Waals surface area contributed by atoms with Gasteiger partial charge in [-0.25, -0.2) is 13.8 Å². The lowest BCUT2D eigenvalue weighted by atomic mass is 10.2. The SMILES string of the molecule is COc1ccc(OC)c(S(=O)(=O)N(CC(=O)N/N=C/c2ccccc2OC)Cc2ccccc2)c1. The summed E-state index contributed by atoms with van der Waals surface area (Å²) in [5.74, 6) is 0.453. The first kappa shape index (κ1) is 25.7. The van der Waals surface area contributed by atoms with Crippen molar-refractivity contribution < 1.29 is 27.4 Å². The second kappa shape index (κ2) is 12.0. The van der Waals surface area contributed by atoms with E-state index in [9.17, 15) is 13.2 Å². The molecule has 35 heavy (non-hydrogen) atoms. The molecule has 3 rings (SSSR count). The van der Waals surface area contributed by atoms with E-state index in [1.54, 1.807) is 48.5 Å². The third-order valence-electron chi connectivity index (χ3n) is 5.04. The van der Waals surface area contributed by atoms with E-state index in [1.807, 2.05) is 12.1 Å². The Labute approximate surface area is 205 Å². The number of methoxy groups -OCH3 is 3. The molecule has 10 heteroatoms. The van der Waals surface area contributed by atoms with Gasteiger partial charge in [0.05, 0.1) is 34.1 Å². The van der Waals surface area contributed by atoms with E-state index in [0.29, 0.717) is 22.6 Å². The van der Waals surface area contributed by atoms with Gasteiger partial charge in [-0.05, 0) is 29.8 Å². The normalized spacial score (nSPS) is 11.4. The summed E-state index contributed by atoms with van der Waals surface area (Å²) in [5, 5.41) is 3.96. The topological polar surface area (TPSA) is 107 Å². The van der Waals surface area contributed by atoms with Crippen molar-refractivity contribution >= 4 is 22.1 Å². The molecule has 184 valence electrons. The van der Waals surface area contributed by atoms with Gasteiger partial charge in [-0.15, -0.1) is 0 Å². The number of para-hydroxylation sites is 1. The molecule has 3 aromatic carbocycles. The molecular formula is C25H27N3O6S. The quantitative estimate of drug-likeness (QED) is 0.322. The van der Waals surface area contributed by atoms with Crippen LogP contribution in [0.15, 0.2) is 82.8 Å². The van der Waals surface area contributed by atoms with Gasteiger partial charge in [-0.1, -0.05) is 42.5 Å². The lowest BCUT2D eigenvalue weighted by Crippen LogP contribution is -2.39. The number of sulfonamides is 1. The Kier molecular flexibility index (Phi) is 8.82. The summed E-state index contributed by atoms with van der Waals surface area (Å²) in [5.41, 5.74) is 3.76. The predicted octanol–water partition coefficient (Wildman–Crippen LogP) is 3.05. The van der Waals surface area contributed by atoms with Gasteiger partial charge in [0.1, 0.15) is 22.1 Å².